The van der Waals surface area contributed by atoms with E-state index in [1.54, 1.807) is 0 Å². The van der Waals surface area contributed by atoms with E-state index in [1.807, 2.05) is 61.1 Å². The number of anilines is 1. The van der Waals surface area contributed by atoms with Crippen molar-refractivity contribution in [1.82, 2.24) is 4.57 Å². The molecule has 0 N–H and O–H groups in total. The number of allylic oxidation sites excluding steroid dienone is 1. The summed E-state index contributed by atoms with van der Waals surface area (Å²) in [7, 11) is 4.03. The molecule has 0 fully saturated rings. The SMILES string of the molecule is CN(C)c1ccc(/C=c2\sc3n(c2=O)C(c2ccccc2Cl)C2=C(N=3)c3ccccc3CC2)cc1. The number of thiazole rings is 1. The van der Waals surface area contributed by atoms with Gasteiger partial charge in [-0.2, -0.15) is 0 Å². The lowest BCUT2D eigenvalue weighted by Gasteiger charge is -2.31. The molecule has 35 heavy (non-hydrogen) atoms. The third-order valence-corrected chi connectivity index (χ3v) is 8.11. The van der Waals surface area contributed by atoms with Gasteiger partial charge in [0, 0.05) is 30.4 Å². The highest BCUT2D eigenvalue weighted by Gasteiger charge is 2.33. The molecule has 0 radical (unpaired) electrons. The lowest BCUT2D eigenvalue weighted by atomic mass is 9.83. The van der Waals surface area contributed by atoms with Crippen molar-refractivity contribution >= 4 is 40.4 Å². The maximum atomic E-state index is 13.8. The summed E-state index contributed by atoms with van der Waals surface area (Å²) >= 11 is 8.15. The quantitative estimate of drug-likeness (QED) is 0.398. The van der Waals surface area contributed by atoms with Crippen molar-refractivity contribution in [2.75, 3.05) is 19.0 Å². The van der Waals surface area contributed by atoms with Gasteiger partial charge in [0.05, 0.1) is 16.3 Å². The van der Waals surface area contributed by atoms with Crippen molar-refractivity contribution in [1.29, 1.82) is 0 Å². The molecule has 0 amide bonds. The molecule has 0 bridgehead atoms. The van der Waals surface area contributed by atoms with Gasteiger partial charge in [-0.3, -0.25) is 9.36 Å². The number of nitrogens with zero attached hydrogens (tertiary/aromatic N) is 3. The maximum Gasteiger partial charge on any atom is 0.271 e. The predicted molar refractivity (Wildman–Crippen MR) is 145 cm³/mol. The summed E-state index contributed by atoms with van der Waals surface area (Å²) in [6, 6.07) is 24.2. The summed E-state index contributed by atoms with van der Waals surface area (Å²) in [5.41, 5.74) is 7.62. The average Bonchev–Trinajstić information content (AvgIpc) is 3.18. The van der Waals surface area contributed by atoms with Gasteiger partial charge in [0.1, 0.15) is 0 Å². The van der Waals surface area contributed by atoms with Crippen molar-refractivity contribution in [3.05, 3.63) is 125 Å². The number of benzene rings is 3. The lowest BCUT2D eigenvalue weighted by Crippen LogP contribution is -2.38. The van der Waals surface area contributed by atoms with Crippen molar-refractivity contribution in [3.63, 3.8) is 0 Å². The molecule has 4 nitrogen and oxygen atoms in total. The van der Waals surface area contributed by atoms with Crippen molar-refractivity contribution in [2.24, 2.45) is 4.99 Å². The number of aryl methyl sites for hydroxylation is 1. The van der Waals surface area contributed by atoms with Gasteiger partial charge in [-0.1, -0.05) is 77.5 Å². The van der Waals surface area contributed by atoms with Gasteiger partial charge in [0.15, 0.2) is 4.80 Å². The first-order chi connectivity index (χ1) is 17.0. The molecule has 1 atom stereocenters. The molecule has 0 spiro atoms. The normalized spacial score (nSPS) is 16.9. The topological polar surface area (TPSA) is 37.6 Å². The number of hydrogen-bond acceptors (Lipinski definition) is 4. The van der Waals surface area contributed by atoms with Crippen molar-refractivity contribution in [3.8, 4) is 0 Å². The molecule has 0 saturated carbocycles. The molecule has 1 aromatic heterocycles. The second-order valence-corrected chi connectivity index (χ2v) is 10.5. The van der Waals surface area contributed by atoms with Crippen LogP contribution in [0.1, 0.15) is 34.7 Å². The molecular formula is C29H24ClN3OS. The van der Waals surface area contributed by atoms with Gasteiger partial charge in [-0.25, -0.2) is 4.99 Å². The first-order valence-electron chi connectivity index (χ1n) is 11.7. The second-order valence-electron chi connectivity index (χ2n) is 9.12. The third kappa shape index (κ3) is 3.76. The van der Waals surface area contributed by atoms with Crippen LogP contribution in [0.5, 0.6) is 0 Å². The minimum absolute atomic E-state index is 0.0271. The van der Waals surface area contributed by atoms with E-state index < -0.39 is 0 Å². The van der Waals surface area contributed by atoms with Crippen LogP contribution in [0.2, 0.25) is 5.02 Å². The van der Waals surface area contributed by atoms with Crippen molar-refractivity contribution in [2.45, 2.75) is 18.9 Å². The fourth-order valence-corrected chi connectivity index (χ4v) is 6.26. The Balaban J connectivity index is 1.59. The number of halogens is 1. The highest BCUT2D eigenvalue weighted by molar-refractivity contribution is 7.07. The van der Waals surface area contributed by atoms with Crippen LogP contribution in [0.3, 0.4) is 0 Å². The van der Waals surface area contributed by atoms with E-state index in [9.17, 15) is 4.79 Å². The van der Waals surface area contributed by atoms with Gasteiger partial charge >= 0.3 is 0 Å². The number of hydrogen-bond donors (Lipinski definition) is 0. The zero-order chi connectivity index (χ0) is 24.1. The molecular weight excluding hydrogens is 474 g/mol. The first-order valence-corrected chi connectivity index (χ1v) is 12.9. The van der Waals surface area contributed by atoms with Crippen LogP contribution in [0.25, 0.3) is 11.8 Å². The highest BCUT2D eigenvalue weighted by atomic mass is 35.5. The molecule has 174 valence electrons. The molecule has 2 aliphatic rings. The van der Waals surface area contributed by atoms with E-state index in [0.29, 0.717) is 14.4 Å². The lowest BCUT2D eigenvalue weighted by molar-refractivity contribution is 0.585. The Labute approximate surface area is 212 Å². The summed E-state index contributed by atoms with van der Waals surface area (Å²) in [6.45, 7) is 0. The maximum absolute atomic E-state index is 13.8. The molecule has 1 aliphatic heterocycles. The predicted octanol–water partition coefficient (Wildman–Crippen LogP) is 5.04. The van der Waals surface area contributed by atoms with Gasteiger partial charge < -0.3 is 4.90 Å². The summed E-state index contributed by atoms with van der Waals surface area (Å²) in [6.07, 6.45) is 3.74. The van der Waals surface area contributed by atoms with Gasteiger partial charge in [-0.05, 0) is 59.4 Å². The van der Waals surface area contributed by atoms with E-state index >= 15 is 0 Å². The van der Waals surface area contributed by atoms with Crippen LogP contribution in [-0.2, 0) is 6.42 Å². The summed E-state index contributed by atoms with van der Waals surface area (Å²) in [4.78, 5) is 21.7. The second kappa shape index (κ2) is 8.67. The Morgan fingerprint density at radius 1 is 1.00 bits per heavy atom. The molecule has 4 aromatic rings. The van der Waals surface area contributed by atoms with Gasteiger partial charge in [0.2, 0.25) is 0 Å². The number of fused-ring (bicyclic) bond motifs is 3. The Morgan fingerprint density at radius 2 is 1.74 bits per heavy atom. The smallest absolute Gasteiger partial charge is 0.271 e. The Kier molecular flexibility index (Phi) is 5.47. The Hall–Kier alpha value is -3.41. The summed E-state index contributed by atoms with van der Waals surface area (Å²) < 4.78 is 2.52. The molecule has 0 saturated heterocycles. The third-order valence-electron chi connectivity index (χ3n) is 6.78. The summed E-state index contributed by atoms with van der Waals surface area (Å²) in [5, 5.41) is 0.666. The zero-order valence-electron chi connectivity index (χ0n) is 19.5. The van der Waals surface area contributed by atoms with Crippen LogP contribution in [0.15, 0.2) is 88.2 Å². The van der Waals surface area contributed by atoms with E-state index in [2.05, 4.69) is 41.3 Å². The highest BCUT2D eigenvalue weighted by Crippen LogP contribution is 2.42. The monoisotopic (exact) mass is 497 g/mol. The standard InChI is InChI=1S/C29H24ClN3OS/c1-32(2)20-14-11-18(12-15-20)17-25-28(34)33-27(22-9-5-6-10-24(22)30)23-16-13-19-7-3-4-8-21(19)26(23)31-29(33)35-25/h3-12,14-15,17,27H,13,16H2,1-2H3/b25-17-. The van der Waals surface area contributed by atoms with Gasteiger partial charge in [-0.15, -0.1) is 0 Å². The van der Waals surface area contributed by atoms with Crippen LogP contribution in [-0.4, -0.2) is 18.7 Å². The van der Waals surface area contributed by atoms with E-state index in [4.69, 9.17) is 16.6 Å². The minimum atomic E-state index is -0.262. The molecule has 3 aromatic carbocycles. The molecule has 1 aliphatic carbocycles. The van der Waals surface area contributed by atoms with Crippen LogP contribution < -0.4 is 19.8 Å². The molecule has 6 rings (SSSR count). The van der Waals surface area contributed by atoms with Crippen molar-refractivity contribution < 1.29 is 0 Å². The largest absolute Gasteiger partial charge is 0.378 e. The Bertz CT molecular complexity index is 1660. The minimum Gasteiger partial charge on any atom is -0.378 e. The van der Waals surface area contributed by atoms with Crippen LogP contribution in [0, 0.1) is 0 Å². The van der Waals surface area contributed by atoms with E-state index in [-0.39, 0.29) is 11.6 Å². The van der Waals surface area contributed by atoms with Gasteiger partial charge in [0.25, 0.3) is 5.56 Å². The fourth-order valence-electron chi connectivity index (χ4n) is 5.02. The first kappa shape index (κ1) is 22.1. The van der Waals surface area contributed by atoms with Crippen LogP contribution >= 0.6 is 22.9 Å². The fraction of sp³-hybridized carbons (Fsp3) is 0.172. The van der Waals surface area contributed by atoms with E-state index in [1.165, 1.54) is 16.9 Å². The number of rotatable bonds is 3. The molecule has 6 heteroatoms. The Morgan fingerprint density at radius 3 is 2.51 bits per heavy atom. The van der Waals surface area contributed by atoms with Crippen LogP contribution in [0.4, 0.5) is 5.69 Å². The zero-order valence-corrected chi connectivity index (χ0v) is 21.1. The summed E-state index contributed by atoms with van der Waals surface area (Å²) in [5.74, 6) is 0. The molecule has 1 unspecified atom stereocenters. The molecule has 2 heterocycles. The number of aromatic nitrogens is 1. The van der Waals surface area contributed by atoms with E-state index in [0.717, 1.165) is 46.5 Å². The average molecular weight is 498 g/mol.